The van der Waals surface area contributed by atoms with Crippen LogP contribution in [0.15, 0.2) is 146 Å². The van der Waals surface area contributed by atoms with E-state index in [2.05, 4.69) is 204 Å². The number of fused-ring (bicyclic) bond motifs is 4. The van der Waals surface area contributed by atoms with Crippen molar-refractivity contribution < 1.29 is 9.30 Å². The SMILES string of the molecule is CC(C)(C)c1cc(-[n+]2[c-]n(-c3cncc(Oc4ccc5c6ccccc6n(-c6cc(C(C)(C)C)ccn6)c5c4)c3)c3c(-c4ccccc4)cccc32)cc(C(C)(C)C)c1. The van der Waals surface area contributed by atoms with Gasteiger partial charge in [0.1, 0.15) is 17.3 Å². The number of hydrogen-bond donors (Lipinski definition) is 0. The van der Waals surface area contributed by atoms with Gasteiger partial charge in [0.2, 0.25) is 0 Å². The minimum atomic E-state index is -0.0376. The molecule has 0 aliphatic carbocycles. The first-order valence-corrected chi connectivity index (χ1v) is 20.5. The molecule has 0 N–H and O–H groups in total. The van der Waals surface area contributed by atoms with Gasteiger partial charge in [0.15, 0.2) is 0 Å². The molecule has 0 bridgehead atoms. The zero-order valence-electron chi connectivity index (χ0n) is 35.5. The van der Waals surface area contributed by atoms with Gasteiger partial charge >= 0.3 is 0 Å². The van der Waals surface area contributed by atoms with Gasteiger partial charge in [-0.25, -0.2) is 4.98 Å². The summed E-state index contributed by atoms with van der Waals surface area (Å²) in [5, 5.41) is 2.31. The minimum Gasteiger partial charge on any atom is -0.456 e. The molecular weight excluding hydrogens is 723 g/mol. The molecule has 0 aliphatic rings. The van der Waals surface area contributed by atoms with Crippen molar-refractivity contribution in [1.29, 1.82) is 0 Å². The first-order chi connectivity index (χ1) is 28.1. The topological polar surface area (TPSA) is 48.8 Å². The van der Waals surface area contributed by atoms with Crippen molar-refractivity contribution in [2.45, 2.75) is 78.6 Å². The number of hydrogen-bond acceptors (Lipinski definition) is 3. The standard InChI is InChI=1S/C53H51N5O/c1-51(2,3)36-24-25-55-49(29-36)58-46-20-14-13-18-44(46)45-23-22-41(31-48(45)58)59-42-30-40(32-54-33-42)57-34-56(39-27-37(52(4,5)6)26-38(28-39)53(7,8)9)47-21-15-19-43(50(47)57)35-16-11-10-12-17-35/h10-33H,1-9H3. The van der Waals surface area contributed by atoms with Crippen LogP contribution in [0.5, 0.6) is 11.5 Å². The third-order valence-corrected chi connectivity index (χ3v) is 11.4. The predicted octanol–water partition coefficient (Wildman–Crippen LogP) is 12.9. The molecule has 0 radical (unpaired) electrons. The summed E-state index contributed by atoms with van der Waals surface area (Å²) in [6, 6.07) is 45.2. The molecule has 4 heterocycles. The Balaban J connectivity index is 1.19. The number of para-hydroxylation sites is 2. The van der Waals surface area contributed by atoms with Crippen molar-refractivity contribution in [2.75, 3.05) is 0 Å². The third kappa shape index (κ3) is 7.07. The highest BCUT2D eigenvalue weighted by atomic mass is 16.5. The van der Waals surface area contributed by atoms with Crippen LogP contribution in [-0.4, -0.2) is 19.1 Å². The van der Waals surface area contributed by atoms with E-state index < -0.39 is 0 Å². The van der Waals surface area contributed by atoms with Crippen molar-refractivity contribution in [3.63, 3.8) is 0 Å². The fourth-order valence-corrected chi connectivity index (χ4v) is 7.98. The summed E-state index contributed by atoms with van der Waals surface area (Å²) in [4.78, 5) is 9.62. The summed E-state index contributed by atoms with van der Waals surface area (Å²) in [6.45, 7) is 20.4. The van der Waals surface area contributed by atoms with E-state index >= 15 is 0 Å². The molecule has 0 unspecified atom stereocenters. The van der Waals surface area contributed by atoms with Crippen molar-refractivity contribution in [3.05, 3.63) is 169 Å². The van der Waals surface area contributed by atoms with Gasteiger partial charge in [-0.1, -0.05) is 135 Å². The number of benzene rings is 5. The molecule has 0 amide bonds. The molecule has 0 saturated heterocycles. The van der Waals surface area contributed by atoms with Gasteiger partial charge in [-0.3, -0.25) is 18.7 Å². The Labute approximate surface area is 347 Å². The molecule has 0 spiro atoms. The van der Waals surface area contributed by atoms with Gasteiger partial charge in [0.05, 0.1) is 39.6 Å². The van der Waals surface area contributed by atoms with Crippen LogP contribution in [0.4, 0.5) is 0 Å². The fourth-order valence-electron chi connectivity index (χ4n) is 7.98. The van der Waals surface area contributed by atoms with Crippen LogP contribution >= 0.6 is 0 Å². The number of aromatic nitrogens is 5. The lowest BCUT2D eigenvalue weighted by atomic mass is 9.80. The number of nitrogens with zero attached hydrogens (tertiary/aromatic N) is 5. The van der Waals surface area contributed by atoms with Crippen molar-refractivity contribution in [2.24, 2.45) is 0 Å². The molecule has 9 aromatic rings. The first kappa shape index (κ1) is 38.0. The molecule has 6 heteroatoms. The molecule has 0 atom stereocenters. The Bertz CT molecular complexity index is 2990. The normalized spacial score (nSPS) is 12.5. The van der Waals surface area contributed by atoms with E-state index in [4.69, 9.17) is 14.7 Å². The van der Waals surface area contributed by atoms with Crippen LogP contribution in [0.3, 0.4) is 0 Å². The molecular formula is C53H51N5O. The maximum atomic E-state index is 6.71. The van der Waals surface area contributed by atoms with Crippen LogP contribution in [-0.2, 0) is 16.2 Å². The molecule has 0 fully saturated rings. The van der Waals surface area contributed by atoms with Gasteiger partial charge in [-0.2, -0.15) is 0 Å². The van der Waals surface area contributed by atoms with Gasteiger partial charge < -0.3 is 4.74 Å². The number of pyridine rings is 2. The second kappa shape index (κ2) is 14.1. The largest absolute Gasteiger partial charge is 0.456 e. The van der Waals surface area contributed by atoms with E-state index in [1.165, 1.54) is 22.1 Å². The Morgan fingerprint density at radius 1 is 0.576 bits per heavy atom. The molecule has 0 aliphatic heterocycles. The fraction of sp³-hybridized carbons (Fsp3) is 0.226. The number of ether oxygens (including phenoxy) is 1. The zero-order valence-corrected chi connectivity index (χ0v) is 35.5. The van der Waals surface area contributed by atoms with Crippen LogP contribution < -0.4 is 9.30 Å². The average Bonchev–Trinajstić information content (AvgIpc) is 3.77. The molecule has 294 valence electrons. The van der Waals surface area contributed by atoms with Gasteiger partial charge in [-0.15, -0.1) is 0 Å². The number of rotatable bonds is 6. The number of imidazole rings is 1. The monoisotopic (exact) mass is 773 g/mol. The lowest BCUT2D eigenvalue weighted by Crippen LogP contribution is -2.31. The Morgan fingerprint density at radius 3 is 2.00 bits per heavy atom. The summed E-state index contributed by atoms with van der Waals surface area (Å²) in [6.07, 6.45) is 9.36. The smallest absolute Gasteiger partial charge is 0.269 e. The molecule has 9 rings (SSSR count). The second-order valence-electron chi connectivity index (χ2n) is 18.7. The Kier molecular flexibility index (Phi) is 9.08. The van der Waals surface area contributed by atoms with Crippen LogP contribution in [0, 0.1) is 6.33 Å². The summed E-state index contributed by atoms with van der Waals surface area (Å²) >= 11 is 0. The molecule has 4 aromatic heterocycles. The molecule has 6 nitrogen and oxygen atoms in total. The lowest BCUT2D eigenvalue weighted by molar-refractivity contribution is -0.572. The zero-order chi connectivity index (χ0) is 41.3. The van der Waals surface area contributed by atoms with E-state index in [1.807, 2.05) is 18.5 Å². The summed E-state index contributed by atoms with van der Waals surface area (Å²) in [7, 11) is 0. The lowest BCUT2D eigenvalue weighted by Gasteiger charge is -2.26. The van der Waals surface area contributed by atoms with E-state index in [0.717, 1.165) is 55.8 Å². The van der Waals surface area contributed by atoms with Gasteiger partial charge in [0, 0.05) is 29.2 Å². The third-order valence-electron chi connectivity index (χ3n) is 11.4. The van der Waals surface area contributed by atoms with E-state index in [9.17, 15) is 0 Å². The average molecular weight is 774 g/mol. The van der Waals surface area contributed by atoms with Gasteiger partial charge in [-0.05, 0) is 92.6 Å². The van der Waals surface area contributed by atoms with Crippen LogP contribution in [0.25, 0.3) is 61.2 Å². The van der Waals surface area contributed by atoms with Crippen LogP contribution in [0.1, 0.15) is 79.0 Å². The van der Waals surface area contributed by atoms with Gasteiger partial charge in [0.25, 0.3) is 6.33 Å². The highest BCUT2D eigenvalue weighted by Crippen LogP contribution is 2.37. The highest BCUT2D eigenvalue weighted by molar-refractivity contribution is 6.09. The highest BCUT2D eigenvalue weighted by Gasteiger charge is 2.24. The summed E-state index contributed by atoms with van der Waals surface area (Å²) in [5.41, 5.74) is 12.1. The summed E-state index contributed by atoms with van der Waals surface area (Å²) < 4.78 is 13.3. The van der Waals surface area contributed by atoms with Crippen molar-refractivity contribution >= 4 is 32.8 Å². The molecule has 59 heavy (non-hydrogen) atoms. The molecule has 0 saturated carbocycles. The minimum absolute atomic E-state index is 0.0157. The maximum absolute atomic E-state index is 6.71. The first-order valence-electron chi connectivity index (χ1n) is 20.5. The van der Waals surface area contributed by atoms with E-state index in [0.29, 0.717) is 11.5 Å². The predicted molar refractivity (Wildman–Crippen MR) is 242 cm³/mol. The van der Waals surface area contributed by atoms with Crippen LogP contribution in [0.2, 0.25) is 0 Å². The Hall–Kier alpha value is -6.53. The summed E-state index contributed by atoms with van der Waals surface area (Å²) in [5.74, 6) is 2.22. The Morgan fingerprint density at radius 2 is 1.27 bits per heavy atom. The van der Waals surface area contributed by atoms with Crippen molar-refractivity contribution in [3.8, 4) is 39.8 Å². The van der Waals surface area contributed by atoms with Crippen molar-refractivity contribution in [1.82, 2.24) is 19.1 Å². The van der Waals surface area contributed by atoms with E-state index in [1.54, 1.807) is 6.20 Å². The quantitative estimate of drug-likeness (QED) is 0.125. The molecule has 5 aromatic carbocycles. The second-order valence-corrected chi connectivity index (χ2v) is 18.7. The van der Waals surface area contributed by atoms with E-state index in [-0.39, 0.29) is 16.2 Å². The maximum Gasteiger partial charge on any atom is 0.269 e.